The number of pyridine rings is 1. The number of carbonyl (C=O) groups excluding carboxylic acids is 1. The minimum Gasteiger partial charge on any atom is -0.374 e. The van der Waals surface area contributed by atoms with Gasteiger partial charge in [0.15, 0.2) is 17.5 Å². The van der Waals surface area contributed by atoms with Crippen LogP contribution in [-0.2, 0) is 22.6 Å². The Balaban J connectivity index is 2.38. The zero-order valence-electron chi connectivity index (χ0n) is 11.5. The van der Waals surface area contributed by atoms with Gasteiger partial charge in [-0.25, -0.2) is 9.97 Å². The summed E-state index contributed by atoms with van der Waals surface area (Å²) in [4.78, 5) is 19.7. The van der Waals surface area contributed by atoms with Gasteiger partial charge >= 0.3 is 0 Å². The Morgan fingerprint density at radius 1 is 1.40 bits per heavy atom. The smallest absolute Gasteiger partial charge is 0.225 e. The Kier molecular flexibility index (Phi) is 4.41. The van der Waals surface area contributed by atoms with E-state index in [0.29, 0.717) is 30.7 Å². The molecule has 0 aliphatic rings. The van der Waals surface area contributed by atoms with E-state index in [9.17, 15) is 4.79 Å². The number of carbonyl (C=O) groups is 1. The van der Waals surface area contributed by atoms with Crippen LogP contribution in [0.15, 0.2) is 18.2 Å². The minimum absolute atomic E-state index is 0.00204. The molecule has 7 nitrogen and oxygen atoms in total. The highest BCUT2D eigenvalue weighted by Crippen LogP contribution is 2.10. The van der Waals surface area contributed by atoms with Crippen LogP contribution in [0.1, 0.15) is 24.3 Å². The number of hydrogen-bond acceptors (Lipinski definition) is 5. The molecule has 0 saturated heterocycles. The van der Waals surface area contributed by atoms with Crippen LogP contribution in [0.4, 0.5) is 0 Å². The van der Waals surface area contributed by atoms with Crippen LogP contribution in [0.2, 0.25) is 0 Å². The Bertz CT molecular complexity index is 609. The van der Waals surface area contributed by atoms with E-state index in [4.69, 9.17) is 10.5 Å². The lowest BCUT2D eigenvalue weighted by molar-refractivity contribution is -0.117. The van der Waals surface area contributed by atoms with Crippen LogP contribution < -0.4 is 5.73 Å². The molecule has 106 valence electrons. The minimum atomic E-state index is -0.470. The summed E-state index contributed by atoms with van der Waals surface area (Å²) in [6.45, 7) is 4.67. The fourth-order valence-corrected chi connectivity index (χ4v) is 1.74. The number of ether oxygens (including phenoxy) is 1. The third kappa shape index (κ3) is 3.39. The van der Waals surface area contributed by atoms with Crippen molar-refractivity contribution < 1.29 is 9.53 Å². The first-order valence-corrected chi connectivity index (χ1v) is 6.35. The van der Waals surface area contributed by atoms with Gasteiger partial charge in [0, 0.05) is 12.3 Å². The molecular formula is C13H17N5O2. The van der Waals surface area contributed by atoms with Crippen molar-refractivity contribution in [2.45, 2.75) is 26.9 Å². The number of primary amides is 1. The van der Waals surface area contributed by atoms with E-state index < -0.39 is 5.91 Å². The van der Waals surface area contributed by atoms with Gasteiger partial charge in [-0.3, -0.25) is 4.79 Å². The second-order valence-electron chi connectivity index (χ2n) is 4.27. The van der Waals surface area contributed by atoms with E-state index in [0.717, 1.165) is 5.69 Å². The fourth-order valence-electron chi connectivity index (χ4n) is 1.74. The van der Waals surface area contributed by atoms with Crippen molar-refractivity contribution in [2.75, 3.05) is 6.61 Å². The molecule has 0 unspecified atom stereocenters. The molecule has 2 aromatic rings. The van der Waals surface area contributed by atoms with E-state index in [-0.39, 0.29) is 6.42 Å². The van der Waals surface area contributed by atoms with E-state index in [1.54, 1.807) is 4.68 Å². The lowest BCUT2D eigenvalue weighted by Crippen LogP contribution is -2.14. The molecule has 2 aromatic heterocycles. The topological polar surface area (TPSA) is 95.9 Å². The number of rotatable bonds is 6. The molecule has 0 aliphatic carbocycles. The number of nitrogens with zero attached hydrogens (tertiary/aromatic N) is 4. The molecule has 1 amide bonds. The normalized spacial score (nSPS) is 10.7. The van der Waals surface area contributed by atoms with E-state index in [1.807, 2.05) is 32.0 Å². The molecular weight excluding hydrogens is 258 g/mol. The van der Waals surface area contributed by atoms with Gasteiger partial charge in [0.05, 0.1) is 6.42 Å². The van der Waals surface area contributed by atoms with Crippen LogP contribution in [0, 0.1) is 6.92 Å². The summed E-state index contributed by atoms with van der Waals surface area (Å²) in [5.74, 6) is 1.14. The zero-order chi connectivity index (χ0) is 14.5. The standard InChI is InChI=1S/C13H17N5O2/c1-3-20-8-13-16-11(7-10(14)19)17-18(13)12-6-4-5-9(2)15-12/h4-6H,3,7-8H2,1-2H3,(H2,14,19). The van der Waals surface area contributed by atoms with Gasteiger partial charge in [-0.05, 0) is 26.0 Å². The molecule has 0 aliphatic heterocycles. The van der Waals surface area contributed by atoms with Crippen LogP contribution in [0.5, 0.6) is 0 Å². The van der Waals surface area contributed by atoms with Crippen LogP contribution in [0.3, 0.4) is 0 Å². The molecule has 0 fully saturated rings. The van der Waals surface area contributed by atoms with Crippen molar-refractivity contribution in [1.82, 2.24) is 19.7 Å². The Morgan fingerprint density at radius 2 is 2.20 bits per heavy atom. The largest absolute Gasteiger partial charge is 0.374 e. The van der Waals surface area contributed by atoms with Gasteiger partial charge in [0.2, 0.25) is 5.91 Å². The molecule has 2 heterocycles. The summed E-state index contributed by atoms with van der Waals surface area (Å²) in [7, 11) is 0. The molecule has 0 saturated carbocycles. The van der Waals surface area contributed by atoms with Crippen LogP contribution in [-0.4, -0.2) is 32.3 Å². The average molecular weight is 275 g/mol. The van der Waals surface area contributed by atoms with Crippen molar-refractivity contribution in [3.63, 3.8) is 0 Å². The maximum Gasteiger partial charge on any atom is 0.225 e. The maximum absolute atomic E-state index is 11.0. The van der Waals surface area contributed by atoms with Gasteiger partial charge in [-0.15, -0.1) is 5.10 Å². The molecule has 0 spiro atoms. The second-order valence-corrected chi connectivity index (χ2v) is 4.27. The molecule has 0 aromatic carbocycles. The quantitative estimate of drug-likeness (QED) is 0.829. The van der Waals surface area contributed by atoms with Crippen LogP contribution in [0.25, 0.3) is 5.82 Å². The van der Waals surface area contributed by atoms with Gasteiger partial charge < -0.3 is 10.5 Å². The summed E-state index contributed by atoms with van der Waals surface area (Å²) < 4.78 is 6.95. The lowest BCUT2D eigenvalue weighted by atomic mass is 10.4. The Morgan fingerprint density at radius 3 is 2.85 bits per heavy atom. The lowest BCUT2D eigenvalue weighted by Gasteiger charge is -2.05. The van der Waals surface area contributed by atoms with Crippen molar-refractivity contribution in [1.29, 1.82) is 0 Å². The SMILES string of the molecule is CCOCc1nc(CC(N)=O)nn1-c1cccc(C)n1. The van der Waals surface area contributed by atoms with E-state index in [1.165, 1.54) is 0 Å². The number of nitrogens with two attached hydrogens (primary N) is 1. The summed E-state index contributed by atoms with van der Waals surface area (Å²) in [6, 6.07) is 5.61. The summed E-state index contributed by atoms with van der Waals surface area (Å²) in [5, 5.41) is 4.28. The first-order chi connectivity index (χ1) is 9.60. The molecule has 20 heavy (non-hydrogen) atoms. The number of hydrogen-bond donors (Lipinski definition) is 1. The molecule has 7 heteroatoms. The van der Waals surface area contributed by atoms with Gasteiger partial charge in [-0.1, -0.05) is 6.07 Å². The fraction of sp³-hybridized carbons (Fsp3) is 0.385. The van der Waals surface area contributed by atoms with Gasteiger partial charge in [-0.2, -0.15) is 4.68 Å². The zero-order valence-corrected chi connectivity index (χ0v) is 11.5. The highest BCUT2D eigenvalue weighted by molar-refractivity contribution is 5.75. The molecule has 2 N–H and O–H groups in total. The van der Waals surface area contributed by atoms with Crippen molar-refractivity contribution >= 4 is 5.91 Å². The van der Waals surface area contributed by atoms with E-state index >= 15 is 0 Å². The van der Waals surface area contributed by atoms with Crippen LogP contribution >= 0.6 is 0 Å². The summed E-state index contributed by atoms with van der Waals surface area (Å²) >= 11 is 0. The molecule has 0 bridgehead atoms. The second kappa shape index (κ2) is 6.25. The number of aryl methyl sites for hydroxylation is 1. The maximum atomic E-state index is 11.0. The third-order valence-corrected chi connectivity index (χ3v) is 2.58. The molecule has 0 atom stereocenters. The van der Waals surface area contributed by atoms with Crippen molar-refractivity contribution in [3.8, 4) is 5.82 Å². The highest BCUT2D eigenvalue weighted by atomic mass is 16.5. The summed E-state index contributed by atoms with van der Waals surface area (Å²) in [5.41, 5.74) is 6.04. The van der Waals surface area contributed by atoms with Crippen molar-refractivity contribution in [3.05, 3.63) is 35.5 Å². The average Bonchev–Trinajstić information content (AvgIpc) is 2.78. The first kappa shape index (κ1) is 14.1. The van der Waals surface area contributed by atoms with Crippen molar-refractivity contribution in [2.24, 2.45) is 5.73 Å². The Hall–Kier alpha value is -2.28. The van der Waals surface area contributed by atoms with Gasteiger partial charge in [0.25, 0.3) is 0 Å². The third-order valence-electron chi connectivity index (χ3n) is 2.58. The van der Waals surface area contributed by atoms with E-state index in [2.05, 4.69) is 15.1 Å². The Labute approximate surface area is 116 Å². The predicted octanol–water partition coefficient (Wildman–Crippen LogP) is 0.535. The number of aromatic nitrogens is 4. The number of amides is 1. The molecule has 2 rings (SSSR count). The summed E-state index contributed by atoms with van der Waals surface area (Å²) in [6.07, 6.45) is -0.00204. The monoisotopic (exact) mass is 275 g/mol. The first-order valence-electron chi connectivity index (χ1n) is 6.35. The predicted molar refractivity (Wildman–Crippen MR) is 72.1 cm³/mol. The van der Waals surface area contributed by atoms with Gasteiger partial charge in [0.1, 0.15) is 6.61 Å². The molecule has 0 radical (unpaired) electrons. The highest BCUT2D eigenvalue weighted by Gasteiger charge is 2.14.